The number of hydrogen-bond donors (Lipinski definition) is 1. The standard InChI is InChI=1S/C17H18FNO2/c1-3-19(16-7-5-15(18)6-8-16)11-14-10-13(12(2)20)4-9-17(14)21/h4-10,21H,3,11H2,1-2H3. The monoisotopic (exact) mass is 287 g/mol. The Kier molecular flexibility index (Phi) is 4.58. The number of nitrogens with zero attached hydrogens (tertiary/aromatic N) is 1. The van der Waals surface area contributed by atoms with Crippen molar-refractivity contribution in [3.05, 3.63) is 59.4 Å². The van der Waals surface area contributed by atoms with E-state index in [0.29, 0.717) is 24.2 Å². The molecule has 0 amide bonds. The maximum atomic E-state index is 13.0. The molecular weight excluding hydrogens is 269 g/mol. The second-order valence-corrected chi connectivity index (χ2v) is 4.89. The molecule has 0 aromatic heterocycles. The zero-order valence-corrected chi connectivity index (χ0v) is 12.1. The molecule has 0 saturated heterocycles. The Balaban J connectivity index is 2.28. The van der Waals surface area contributed by atoms with E-state index in [2.05, 4.69) is 0 Å². The molecule has 3 nitrogen and oxygen atoms in total. The highest BCUT2D eigenvalue weighted by Crippen LogP contribution is 2.24. The lowest BCUT2D eigenvalue weighted by atomic mass is 10.1. The van der Waals surface area contributed by atoms with Crippen molar-refractivity contribution in [2.45, 2.75) is 20.4 Å². The predicted octanol–water partition coefficient (Wildman–Crippen LogP) is 3.76. The van der Waals surface area contributed by atoms with Gasteiger partial charge in [0.15, 0.2) is 5.78 Å². The molecule has 0 aliphatic heterocycles. The molecule has 4 heteroatoms. The normalized spacial score (nSPS) is 10.4. The number of hydrogen-bond acceptors (Lipinski definition) is 3. The van der Waals surface area contributed by atoms with Gasteiger partial charge in [0.25, 0.3) is 0 Å². The largest absolute Gasteiger partial charge is 0.508 e. The number of Topliss-reactive ketones (excluding diaryl/α,β-unsaturated/α-hetero) is 1. The molecule has 0 saturated carbocycles. The van der Waals surface area contributed by atoms with E-state index in [0.717, 1.165) is 5.69 Å². The molecule has 0 aliphatic rings. The summed E-state index contributed by atoms with van der Waals surface area (Å²) in [4.78, 5) is 13.4. The predicted molar refractivity (Wildman–Crippen MR) is 81.2 cm³/mol. The summed E-state index contributed by atoms with van der Waals surface area (Å²) >= 11 is 0. The third-order valence-corrected chi connectivity index (χ3v) is 3.42. The van der Waals surface area contributed by atoms with Crippen LogP contribution in [-0.2, 0) is 6.54 Å². The molecule has 0 fully saturated rings. The van der Waals surface area contributed by atoms with Crippen molar-refractivity contribution >= 4 is 11.5 Å². The number of anilines is 1. The van der Waals surface area contributed by atoms with Gasteiger partial charge < -0.3 is 10.0 Å². The van der Waals surface area contributed by atoms with Gasteiger partial charge in [0.2, 0.25) is 0 Å². The Labute approximate surface area is 123 Å². The Bertz CT molecular complexity index is 638. The average Bonchev–Trinajstić information content (AvgIpc) is 2.47. The van der Waals surface area contributed by atoms with Gasteiger partial charge in [0.1, 0.15) is 11.6 Å². The molecule has 0 atom stereocenters. The summed E-state index contributed by atoms with van der Waals surface area (Å²) in [5.74, 6) is -0.169. The first-order valence-electron chi connectivity index (χ1n) is 6.84. The Morgan fingerprint density at radius 3 is 2.43 bits per heavy atom. The number of phenols is 1. The Morgan fingerprint density at radius 1 is 1.19 bits per heavy atom. The molecular formula is C17H18FNO2. The molecule has 2 aromatic carbocycles. The lowest BCUT2D eigenvalue weighted by molar-refractivity contribution is 0.101. The molecule has 0 bridgehead atoms. The highest BCUT2D eigenvalue weighted by atomic mass is 19.1. The third-order valence-electron chi connectivity index (χ3n) is 3.42. The fourth-order valence-corrected chi connectivity index (χ4v) is 2.17. The van der Waals surface area contributed by atoms with Crippen LogP contribution in [0.1, 0.15) is 29.8 Å². The summed E-state index contributed by atoms with van der Waals surface area (Å²) < 4.78 is 13.0. The number of rotatable bonds is 5. The lowest BCUT2D eigenvalue weighted by Gasteiger charge is -2.24. The van der Waals surface area contributed by atoms with Crippen LogP contribution in [-0.4, -0.2) is 17.4 Å². The quantitative estimate of drug-likeness (QED) is 0.851. The van der Waals surface area contributed by atoms with E-state index < -0.39 is 0 Å². The minimum absolute atomic E-state index is 0.0407. The zero-order chi connectivity index (χ0) is 15.4. The van der Waals surface area contributed by atoms with Crippen LogP contribution in [0.5, 0.6) is 5.75 Å². The van der Waals surface area contributed by atoms with Crippen LogP contribution in [0.4, 0.5) is 10.1 Å². The van der Waals surface area contributed by atoms with Crippen LogP contribution < -0.4 is 4.90 Å². The number of phenolic OH excluding ortho intramolecular Hbond substituents is 1. The number of halogens is 1. The first-order valence-corrected chi connectivity index (χ1v) is 6.84. The van der Waals surface area contributed by atoms with Crippen LogP contribution in [0, 0.1) is 5.82 Å². The summed E-state index contributed by atoms with van der Waals surface area (Å²) in [6, 6.07) is 11.0. The van der Waals surface area contributed by atoms with E-state index >= 15 is 0 Å². The minimum Gasteiger partial charge on any atom is -0.508 e. The summed E-state index contributed by atoms with van der Waals surface area (Å²) in [7, 11) is 0. The van der Waals surface area contributed by atoms with Crippen LogP contribution in [0.15, 0.2) is 42.5 Å². The topological polar surface area (TPSA) is 40.5 Å². The average molecular weight is 287 g/mol. The van der Waals surface area contributed by atoms with E-state index in [9.17, 15) is 14.3 Å². The first kappa shape index (κ1) is 15.0. The number of carbonyl (C=O) groups excluding carboxylic acids is 1. The summed E-state index contributed by atoms with van der Waals surface area (Å²) in [6.45, 7) is 4.63. The van der Waals surface area contributed by atoms with Gasteiger partial charge in [-0.05, 0) is 56.3 Å². The van der Waals surface area contributed by atoms with Crippen molar-refractivity contribution in [2.75, 3.05) is 11.4 Å². The van der Waals surface area contributed by atoms with Gasteiger partial charge in [-0.25, -0.2) is 4.39 Å². The van der Waals surface area contributed by atoms with E-state index in [1.165, 1.54) is 25.1 Å². The lowest BCUT2D eigenvalue weighted by Crippen LogP contribution is -2.22. The van der Waals surface area contributed by atoms with Crippen LogP contribution >= 0.6 is 0 Å². The van der Waals surface area contributed by atoms with Gasteiger partial charge in [-0.1, -0.05) is 0 Å². The second kappa shape index (κ2) is 6.39. The molecule has 0 spiro atoms. The maximum absolute atomic E-state index is 13.0. The van der Waals surface area contributed by atoms with Gasteiger partial charge in [-0.15, -0.1) is 0 Å². The molecule has 0 radical (unpaired) electrons. The third kappa shape index (κ3) is 3.60. The molecule has 1 N–H and O–H groups in total. The first-order chi connectivity index (χ1) is 10.0. The summed E-state index contributed by atoms with van der Waals surface area (Å²) in [5.41, 5.74) is 2.11. The van der Waals surface area contributed by atoms with Crippen LogP contribution in [0.2, 0.25) is 0 Å². The van der Waals surface area contributed by atoms with Crippen LogP contribution in [0.3, 0.4) is 0 Å². The fraction of sp³-hybridized carbons (Fsp3) is 0.235. The maximum Gasteiger partial charge on any atom is 0.159 e. The van der Waals surface area contributed by atoms with Gasteiger partial charge >= 0.3 is 0 Å². The smallest absolute Gasteiger partial charge is 0.159 e. The molecule has 110 valence electrons. The fourth-order valence-electron chi connectivity index (χ4n) is 2.17. The van der Waals surface area contributed by atoms with Crippen molar-refractivity contribution in [1.29, 1.82) is 0 Å². The Morgan fingerprint density at radius 2 is 1.86 bits per heavy atom. The molecule has 0 heterocycles. The van der Waals surface area contributed by atoms with E-state index in [1.54, 1.807) is 24.3 Å². The minimum atomic E-state index is -0.281. The molecule has 0 unspecified atom stereocenters. The van der Waals surface area contributed by atoms with Gasteiger partial charge in [-0.3, -0.25) is 4.79 Å². The number of carbonyl (C=O) groups is 1. The Hall–Kier alpha value is -2.36. The van der Waals surface area contributed by atoms with Crippen molar-refractivity contribution < 1.29 is 14.3 Å². The number of benzene rings is 2. The SMILES string of the molecule is CCN(Cc1cc(C(C)=O)ccc1O)c1ccc(F)cc1. The number of aromatic hydroxyl groups is 1. The molecule has 0 aliphatic carbocycles. The van der Waals surface area contributed by atoms with E-state index in [-0.39, 0.29) is 17.3 Å². The van der Waals surface area contributed by atoms with Crippen molar-refractivity contribution in [3.8, 4) is 5.75 Å². The number of ketones is 1. The van der Waals surface area contributed by atoms with Crippen molar-refractivity contribution in [3.63, 3.8) is 0 Å². The summed E-state index contributed by atoms with van der Waals surface area (Å²) in [6.07, 6.45) is 0. The van der Waals surface area contributed by atoms with E-state index in [1.807, 2.05) is 11.8 Å². The van der Waals surface area contributed by atoms with Crippen LogP contribution in [0.25, 0.3) is 0 Å². The van der Waals surface area contributed by atoms with E-state index in [4.69, 9.17) is 0 Å². The van der Waals surface area contributed by atoms with Crippen molar-refractivity contribution in [2.24, 2.45) is 0 Å². The highest BCUT2D eigenvalue weighted by Gasteiger charge is 2.11. The zero-order valence-electron chi connectivity index (χ0n) is 12.1. The molecule has 2 rings (SSSR count). The van der Waals surface area contributed by atoms with Gasteiger partial charge in [-0.2, -0.15) is 0 Å². The van der Waals surface area contributed by atoms with Gasteiger partial charge in [0, 0.05) is 29.9 Å². The molecule has 21 heavy (non-hydrogen) atoms. The molecule has 2 aromatic rings. The van der Waals surface area contributed by atoms with Crippen molar-refractivity contribution in [1.82, 2.24) is 0 Å². The highest BCUT2D eigenvalue weighted by molar-refractivity contribution is 5.94. The second-order valence-electron chi connectivity index (χ2n) is 4.89. The van der Waals surface area contributed by atoms with Gasteiger partial charge in [0.05, 0.1) is 0 Å². The summed E-state index contributed by atoms with van der Waals surface area (Å²) in [5, 5.41) is 9.95.